The third-order valence-electron chi connectivity index (χ3n) is 4.38. The zero-order chi connectivity index (χ0) is 19.7. The monoisotopic (exact) mass is 394 g/mol. The molecule has 0 bridgehead atoms. The number of para-hydroxylation sites is 1. The van der Waals surface area contributed by atoms with E-state index in [4.69, 9.17) is 5.14 Å². The molecule has 28 heavy (non-hydrogen) atoms. The van der Waals surface area contributed by atoms with Gasteiger partial charge in [0.1, 0.15) is 11.2 Å². The third kappa shape index (κ3) is 3.45. The summed E-state index contributed by atoms with van der Waals surface area (Å²) in [5.74, 6) is 0.881. The van der Waals surface area contributed by atoms with Crippen LogP contribution in [0.15, 0.2) is 59.8 Å². The molecule has 0 saturated carbocycles. The Kier molecular flexibility index (Phi) is 4.54. The first-order valence-electron chi connectivity index (χ1n) is 8.55. The maximum atomic E-state index is 11.9. The molecule has 0 radical (unpaired) electrons. The summed E-state index contributed by atoms with van der Waals surface area (Å²) in [6.45, 7) is 2.41. The van der Waals surface area contributed by atoms with Gasteiger partial charge in [0.05, 0.1) is 5.52 Å². The smallest absolute Gasteiger partial charge is 0.240 e. The van der Waals surface area contributed by atoms with Gasteiger partial charge in [0, 0.05) is 23.2 Å². The van der Waals surface area contributed by atoms with Crippen LogP contribution in [0.1, 0.15) is 11.3 Å². The van der Waals surface area contributed by atoms with Crippen LogP contribution in [0.4, 0.5) is 5.95 Å². The van der Waals surface area contributed by atoms with Crippen molar-refractivity contribution < 1.29 is 8.42 Å². The van der Waals surface area contributed by atoms with Gasteiger partial charge in [-0.05, 0) is 18.6 Å². The number of anilines is 1. The number of rotatable bonds is 5. The first-order valence-corrected chi connectivity index (χ1v) is 10.1. The summed E-state index contributed by atoms with van der Waals surface area (Å²) in [5.41, 5.74) is 3.00. The van der Waals surface area contributed by atoms with Gasteiger partial charge in [0.15, 0.2) is 5.82 Å². The van der Waals surface area contributed by atoms with Crippen LogP contribution in [0, 0.1) is 6.92 Å². The van der Waals surface area contributed by atoms with Crippen molar-refractivity contribution in [3.05, 3.63) is 66.1 Å². The van der Waals surface area contributed by atoms with E-state index >= 15 is 0 Å². The van der Waals surface area contributed by atoms with Gasteiger partial charge >= 0.3 is 0 Å². The minimum absolute atomic E-state index is 0.0378. The molecule has 142 valence electrons. The van der Waals surface area contributed by atoms with Crippen LogP contribution in [0.2, 0.25) is 0 Å². The number of nitrogens with zero attached hydrogens (tertiary/aromatic N) is 3. The molecule has 9 heteroatoms. The number of primary sulfonamides is 1. The third-order valence-corrected chi connectivity index (χ3v) is 5.33. The Hall–Kier alpha value is -3.30. The van der Waals surface area contributed by atoms with Gasteiger partial charge in [-0.3, -0.25) is 0 Å². The van der Waals surface area contributed by atoms with E-state index in [-0.39, 0.29) is 4.90 Å². The van der Waals surface area contributed by atoms with Gasteiger partial charge in [-0.25, -0.2) is 23.5 Å². The number of hydrogen-bond acceptors (Lipinski definition) is 6. The van der Waals surface area contributed by atoms with E-state index in [1.807, 2.05) is 43.3 Å². The predicted molar refractivity (Wildman–Crippen MR) is 107 cm³/mol. The fraction of sp³-hybridized carbons (Fsp3) is 0.105. The lowest BCUT2D eigenvalue weighted by Gasteiger charge is -2.06. The summed E-state index contributed by atoms with van der Waals surface area (Å²) in [4.78, 5) is 16.1. The Morgan fingerprint density at radius 2 is 1.86 bits per heavy atom. The second kappa shape index (κ2) is 7.02. The quantitative estimate of drug-likeness (QED) is 0.477. The van der Waals surface area contributed by atoms with Crippen molar-refractivity contribution in [1.29, 1.82) is 0 Å². The maximum absolute atomic E-state index is 11.9. The predicted octanol–water partition coefficient (Wildman–Crippen LogP) is 2.59. The van der Waals surface area contributed by atoms with Crippen LogP contribution < -0.4 is 10.5 Å². The van der Waals surface area contributed by atoms with Gasteiger partial charge in [-0.2, -0.15) is 4.98 Å². The van der Waals surface area contributed by atoms with Gasteiger partial charge in [-0.1, -0.05) is 42.5 Å². The molecule has 4 N–H and O–H groups in total. The number of aromatic amines is 1. The summed E-state index contributed by atoms with van der Waals surface area (Å²) >= 11 is 0. The van der Waals surface area contributed by atoms with Gasteiger partial charge in [0.25, 0.3) is 0 Å². The Bertz CT molecular complexity index is 1250. The van der Waals surface area contributed by atoms with Gasteiger partial charge in [-0.15, -0.1) is 0 Å². The average Bonchev–Trinajstić information content (AvgIpc) is 3.02. The van der Waals surface area contributed by atoms with Crippen LogP contribution in [0.5, 0.6) is 0 Å². The lowest BCUT2D eigenvalue weighted by Crippen LogP contribution is -2.12. The second-order valence-electron chi connectivity index (χ2n) is 6.32. The summed E-state index contributed by atoms with van der Waals surface area (Å²) in [6, 6.07) is 14.8. The van der Waals surface area contributed by atoms with Crippen LogP contribution >= 0.6 is 0 Å². The molecule has 2 aromatic heterocycles. The lowest BCUT2D eigenvalue weighted by molar-refractivity contribution is 0.598. The second-order valence-corrected chi connectivity index (χ2v) is 7.85. The molecule has 0 aliphatic rings. The standard InChI is InChI=1S/C19H18N6O2S/c1-12-16(14-8-5-9-15(17(14)24-12)28(20,26)27)18-22-11-23-19(25-18)21-10-13-6-3-2-4-7-13/h2-9,11,24H,10H2,1H3,(H2,20,26,27)(H,21,22,23,25). The lowest BCUT2D eigenvalue weighted by atomic mass is 10.1. The number of fused-ring (bicyclic) bond motifs is 1. The molecular weight excluding hydrogens is 376 g/mol. The largest absolute Gasteiger partial charge is 0.357 e. The molecular formula is C19H18N6O2S. The van der Waals surface area contributed by atoms with E-state index in [9.17, 15) is 8.42 Å². The normalized spacial score (nSPS) is 11.6. The molecule has 0 saturated heterocycles. The average molecular weight is 394 g/mol. The summed E-state index contributed by atoms with van der Waals surface area (Å²) in [5, 5.41) is 9.20. The molecule has 0 unspecified atom stereocenters. The minimum Gasteiger partial charge on any atom is -0.357 e. The highest BCUT2D eigenvalue weighted by molar-refractivity contribution is 7.89. The number of nitrogens with one attached hydrogen (secondary N) is 2. The summed E-state index contributed by atoms with van der Waals surface area (Å²) in [6.07, 6.45) is 1.43. The van der Waals surface area contributed by atoms with E-state index in [1.54, 1.807) is 6.07 Å². The molecule has 2 aromatic carbocycles. The van der Waals surface area contributed by atoms with Crippen molar-refractivity contribution in [3.63, 3.8) is 0 Å². The van der Waals surface area contributed by atoms with E-state index in [2.05, 4.69) is 25.3 Å². The van der Waals surface area contributed by atoms with E-state index < -0.39 is 10.0 Å². The molecule has 2 heterocycles. The highest BCUT2D eigenvalue weighted by Crippen LogP contribution is 2.33. The Morgan fingerprint density at radius 3 is 2.61 bits per heavy atom. The van der Waals surface area contributed by atoms with Gasteiger partial charge in [0.2, 0.25) is 16.0 Å². The molecule has 0 atom stereocenters. The number of H-pyrrole nitrogens is 1. The number of nitrogens with two attached hydrogens (primary N) is 1. The Balaban J connectivity index is 1.74. The number of aryl methyl sites for hydroxylation is 1. The van der Waals surface area contributed by atoms with Crippen LogP contribution in [0.3, 0.4) is 0 Å². The molecule has 0 amide bonds. The fourth-order valence-electron chi connectivity index (χ4n) is 3.12. The molecule has 4 aromatic rings. The Labute approximate surface area is 161 Å². The zero-order valence-corrected chi connectivity index (χ0v) is 15.9. The van der Waals surface area contributed by atoms with Crippen LogP contribution in [-0.4, -0.2) is 28.4 Å². The molecule has 0 aliphatic carbocycles. The highest BCUT2D eigenvalue weighted by Gasteiger charge is 2.20. The molecule has 0 aliphatic heterocycles. The molecule has 0 spiro atoms. The van der Waals surface area contributed by atoms with Gasteiger partial charge < -0.3 is 10.3 Å². The number of benzene rings is 2. The van der Waals surface area contributed by atoms with E-state index in [0.29, 0.717) is 34.8 Å². The maximum Gasteiger partial charge on any atom is 0.240 e. The van der Waals surface area contributed by atoms with Crippen molar-refractivity contribution in [3.8, 4) is 11.4 Å². The summed E-state index contributed by atoms with van der Waals surface area (Å²) in [7, 11) is -3.86. The number of aromatic nitrogens is 4. The molecule has 8 nitrogen and oxygen atoms in total. The van der Waals surface area contributed by atoms with E-state index in [0.717, 1.165) is 11.3 Å². The summed E-state index contributed by atoms with van der Waals surface area (Å²) < 4.78 is 23.8. The first kappa shape index (κ1) is 18.1. The SMILES string of the molecule is Cc1[nH]c2c(S(N)(=O)=O)cccc2c1-c1ncnc(NCc2ccccc2)n1. The van der Waals surface area contributed by atoms with Crippen molar-refractivity contribution >= 4 is 26.9 Å². The first-order chi connectivity index (χ1) is 13.4. The van der Waals surface area contributed by atoms with E-state index in [1.165, 1.54) is 12.4 Å². The highest BCUT2D eigenvalue weighted by atomic mass is 32.2. The van der Waals surface area contributed by atoms with Crippen LogP contribution in [-0.2, 0) is 16.6 Å². The molecule has 4 rings (SSSR count). The topological polar surface area (TPSA) is 127 Å². The van der Waals surface area contributed by atoms with Crippen LogP contribution in [0.25, 0.3) is 22.3 Å². The number of sulfonamides is 1. The van der Waals surface area contributed by atoms with Crippen molar-refractivity contribution in [2.24, 2.45) is 5.14 Å². The molecule has 0 fully saturated rings. The number of hydrogen-bond donors (Lipinski definition) is 3. The van der Waals surface area contributed by atoms with Crippen molar-refractivity contribution in [2.75, 3.05) is 5.32 Å². The van der Waals surface area contributed by atoms with Crippen molar-refractivity contribution in [2.45, 2.75) is 18.4 Å². The fourth-order valence-corrected chi connectivity index (χ4v) is 3.84. The Morgan fingerprint density at radius 1 is 1.07 bits per heavy atom. The van der Waals surface area contributed by atoms with Crippen molar-refractivity contribution in [1.82, 2.24) is 19.9 Å². The zero-order valence-electron chi connectivity index (χ0n) is 15.0. The minimum atomic E-state index is -3.86.